The van der Waals surface area contributed by atoms with Crippen LogP contribution in [0.3, 0.4) is 0 Å². The van der Waals surface area contributed by atoms with Gasteiger partial charge in [-0.1, -0.05) is 30.3 Å². The number of nitrogens with zero attached hydrogens (tertiary/aromatic N) is 2. The summed E-state index contributed by atoms with van der Waals surface area (Å²) < 4.78 is 17.7. The summed E-state index contributed by atoms with van der Waals surface area (Å²) in [7, 11) is 1.53. The Labute approximate surface area is 219 Å². The number of oxazole rings is 1. The number of hydrogen-bond acceptors (Lipinski definition) is 8. The Balaban J connectivity index is 1.41. The van der Waals surface area contributed by atoms with E-state index >= 15 is 0 Å². The summed E-state index contributed by atoms with van der Waals surface area (Å²) >= 11 is 0. The molecule has 0 spiro atoms. The van der Waals surface area contributed by atoms with Crippen LogP contribution in [0.25, 0.3) is 22.2 Å². The lowest BCUT2D eigenvalue weighted by molar-refractivity contribution is -0.132. The molecule has 0 saturated carbocycles. The van der Waals surface area contributed by atoms with E-state index in [9.17, 15) is 19.6 Å². The van der Waals surface area contributed by atoms with Gasteiger partial charge in [-0.25, -0.2) is 4.79 Å². The molecule has 1 aliphatic heterocycles. The van der Waals surface area contributed by atoms with Crippen LogP contribution in [-0.4, -0.2) is 68.5 Å². The molecule has 0 bridgehead atoms. The predicted octanol–water partition coefficient (Wildman–Crippen LogP) is 0.953. The standard InChI is InChI=1S/C27H31N5O6/c1-29-25(33)17-36-12-10-32-22-14-20(7-8-23(22)38-27(32)35)19-5-3-18(4-6-19)13-21(15-28)31-26(34)24-16-30-9-2-11-37-24/h3-8,14,21,24,30H,2,9-13,16-17H2,1H3,(H,29,33)(H,31,34)/t21-,24-/m0/s1. The first-order valence-corrected chi connectivity index (χ1v) is 12.5. The first-order chi connectivity index (χ1) is 18.5. The SMILES string of the molecule is CNC(=O)COCCn1c(=O)oc2ccc(-c3ccc(C[C@@H](C#N)NC(=O)[C@@H]4CNCCCO4)cc3)cc21. The van der Waals surface area contributed by atoms with Gasteiger partial charge in [0.25, 0.3) is 5.91 Å². The van der Waals surface area contributed by atoms with Crippen LogP contribution < -0.4 is 21.7 Å². The molecule has 4 rings (SSSR count). The molecule has 11 heteroatoms. The highest BCUT2D eigenvalue weighted by Crippen LogP contribution is 2.25. The largest absolute Gasteiger partial charge is 0.420 e. The topological polar surface area (TPSA) is 148 Å². The molecule has 3 aromatic rings. The number of hydrogen-bond donors (Lipinski definition) is 3. The predicted molar refractivity (Wildman–Crippen MR) is 139 cm³/mol. The summed E-state index contributed by atoms with van der Waals surface area (Å²) in [6.45, 7) is 2.08. The van der Waals surface area contributed by atoms with Gasteiger partial charge in [-0.2, -0.15) is 5.26 Å². The third kappa shape index (κ3) is 6.86. The van der Waals surface area contributed by atoms with Crippen LogP contribution in [0.4, 0.5) is 0 Å². The second kappa shape index (κ2) is 13.0. The van der Waals surface area contributed by atoms with Crippen molar-refractivity contribution in [1.82, 2.24) is 20.5 Å². The third-order valence-corrected chi connectivity index (χ3v) is 6.28. The minimum atomic E-state index is -0.678. The zero-order valence-electron chi connectivity index (χ0n) is 21.2. The van der Waals surface area contributed by atoms with E-state index in [1.54, 1.807) is 6.07 Å². The van der Waals surface area contributed by atoms with Crippen LogP contribution in [0.15, 0.2) is 51.7 Å². The van der Waals surface area contributed by atoms with Gasteiger partial charge in [0.05, 0.1) is 24.7 Å². The maximum absolute atomic E-state index is 12.5. The molecule has 1 fully saturated rings. The number of fused-ring (bicyclic) bond motifs is 1. The quantitative estimate of drug-likeness (QED) is 0.334. The molecule has 11 nitrogen and oxygen atoms in total. The van der Waals surface area contributed by atoms with Gasteiger partial charge in [-0.05, 0) is 41.8 Å². The first kappa shape index (κ1) is 27.1. The van der Waals surface area contributed by atoms with Gasteiger partial charge < -0.3 is 29.8 Å². The van der Waals surface area contributed by atoms with Crippen LogP contribution in [0.1, 0.15) is 12.0 Å². The van der Waals surface area contributed by atoms with Crippen LogP contribution in [0.5, 0.6) is 0 Å². The van der Waals surface area contributed by atoms with Gasteiger partial charge in [-0.3, -0.25) is 14.2 Å². The molecule has 1 aromatic heterocycles. The van der Waals surface area contributed by atoms with E-state index in [4.69, 9.17) is 13.9 Å². The number of nitriles is 1. The third-order valence-electron chi connectivity index (χ3n) is 6.28. The molecule has 3 N–H and O–H groups in total. The number of nitrogens with one attached hydrogen (secondary N) is 3. The van der Waals surface area contributed by atoms with Crippen molar-refractivity contribution < 1.29 is 23.5 Å². The molecule has 200 valence electrons. The molecule has 1 saturated heterocycles. The Kier molecular flexibility index (Phi) is 9.26. The van der Waals surface area contributed by atoms with Crippen molar-refractivity contribution in [3.8, 4) is 17.2 Å². The lowest BCUT2D eigenvalue weighted by Gasteiger charge is -2.18. The van der Waals surface area contributed by atoms with Crippen molar-refractivity contribution in [2.24, 2.45) is 0 Å². The van der Waals surface area contributed by atoms with Gasteiger partial charge in [0, 0.05) is 26.6 Å². The second-order valence-electron chi connectivity index (χ2n) is 8.94. The molecule has 2 amide bonds. The van der Waals surface area contributed by atoms with Crippen molar-refractivity contribution in [1.29, 1.82) is 5.26 Å². The molecule has 0 aliphatic carbocycles. The Morgan fingerprint density at radius 2 is 2.03 bits per heavy atom. The molecule has 38 heavy (non-hydrogen) atoms. The fourth-order valence-electron chi connectivity index (χ4n) is 4.19. The van der Waals surface area contributed by atoms with Crippen LogP contribution in [0.2, 0.25) is 0 Å². The van der Waals surface area contributed by atoms with E-state index in [2.05, 4.69) is 22.0 Å². The Bertz CT molecular complexity index is 1350. The normalized spacial score (nSPS) is 16.4. The smallest absolute Gasteiger partial charge is 0.408 e. The molecule has 2 aromatic carbocycles. The van der Waals surface area contributed by atoms with E-state index in [1.165, 1.54) is 11.6 Å². The summed E-state index contributed by atoms with van der Waals surface area (Å²) in [5, 5.41) is 18.0. The maximum atomic E-state index is 12.5. The number of rotatable bonds is 10. The van der Waals surface area contributed by atoms with Gasteiger partial charge in [-0.15, -0.1) is 0 Å². The number of likely N-dealkylation sites (N-methyl/N-ethyl adjacent to an activating group) is 1. The first-order valence-electron chi connectivity index (χ1n) is 12.5. The van der Waals surface area contributed by atoms with Crippen LogP contribution in [0, 0.1) is 11.3 Å². The summed E-state index contributed by atoms with van der Waals surface area (Å²) in [5.74, 6) is -1.03. The molecular formula is C27H31N5O6. The summed E-state index contributed by atoms with van der Waals surface area (Å²) in [6, 6.07) is 14.6. The molecule has 2 heterocycles. The lowest BCUT2D eigenvalue weighted by Crippen LogP contribution is -2.46. The average molecular weight is 522 g/mol. The van der Waals surface area contributed by atoms with Crippen molar-refractivity contribution in [3.63, 3.8) is 0 Å². The number of carbonyl (C=O) groups excluding carboxylic acids is 2. The van der Waals surface area contributed by atoms with Crippen LogP contribution >= 0.6 is 0 Å². The molecule has 0 unspecified atom stereocenters. The lowest BCUT2D eigenvalue weighted by atomic mass is 10.0. The fourth-order valence-corrected chi connectivity index (χ4v) is 4.19. The van der Waals surface area contributed by atoms with E-state index in [-0.39, 0.29) is 31.6 Å². The van der Waals surface area contributed by atoms with Crippen molar-refractivity contribution in [3.05, 3.63) is 58.6 Å². The van der Waals surface area contributed by atoms with E-state index in [1.807, 2.05) is 36.4 Å². The van der Waals surface area contributed by atoms with Gasteiger partial charge in [0.1, 0.15) is 18.8 Å². The van der Waals surface area contributed by atoms with Gasteiger partial charge in [0.15, 0.2) is 5.58 Å². The van der Waals surface area contributed by atoms with E-state index in [0.29, 0.717) is 30.7 Å². The number of aromatic nitrogens is 1. The van der Waals surface area contributed by atoms with Crippen LogP contribution in [-0.2, 0) is 32.0 Å². The van der Waals surface area contributed by atoms with Crippen molar-refractivity contribution >= 4 is 22.9 Å². The molecule has 2 atom stereocenters. The van der Waals surface area contributed by atoms with Crippen molar-refractivity contribution in [2.75, 3.05) is 40.0 Å². The average Bonchev–Trinajstić information content (AvgIpc) is 3.08. The summed E-state index contributed by atoms with van der Waals surface area (Å²) in [5.41, 5.74) is 3.79. The van der Waals surface area contributed by atoms with Gasteiger partial charge >= 0.3 is 5.76 Å². The number of amides is 2. The van der Waals surface area contributed by atoms with Gasteiger partial charge in [0.2, 0.25) is 5.91 Å². The zero-order valence-corrected chi connectivity index (χ0v) is 21.2. The minimum Gasteiger partial charge on any atom is -0.408 e. The Hall–Kier alpha value is -3.98. The minimum absolute atomic E-state index is 0.0828. The zero-order chi connectivity index (χ0) is 26.9. The highest BCUT2D eigenvalue weighted by atomic mass is 16.5. The molecular weight excluding hydrogens is 490 g/mol. The number of ether oxygens (including phenoxy) is 2. The highest BCUT2D eigenvalue weighted by molar-refractivity contribution is 5.82. The molecule has 0 radical (unpaired) electrons. The number of benzene rings is 2. The summed E-state index contributed by atoms with van der Waals surface area (Å²) in [6.07, 6.45) is 0.601. The van der Waals surface area contributed by atoms with E-state index in [0.717, 1.165) is 29.7 Å². The highest BCUT2D eigenvalue weighted by Gasteiger charge is 2.23. The van der Waals surface area contributed by atoms with Crippen molar-refractivity contribution in [2.45, 2.75) is 31.5 Å². The second-order valence-corrected chi connectivity index (χ2v) is 8.94. The Morgan fingerprint density at radius 1 is 1.24 bits per heavy atom. The fraction of sp³-hybridized carbons (Fsp3) is 0.407. The van der Waals surface area contributed by atoms with E-state index < -0.39 is 17.9 Å². The maximum Gasteiger partial charge on any atom is 0.420 e. The molecule has 1 aliphatic rings. The Morgan fingerprint density at radius 3 is 2.79 bits per heavy atom. The monoisotopic (exact) mass is 521 g/mol. The summed E-state index contributed by atoms with van der Waals surface area (Å²) in [4.78, 5) is 36.2. The number of carbonyl (C=O) groups is 2.